The Hall–Kier alpha value is -7.16. The average Bonchev–Trinajstić information content (AvgIpc) is 3.50. The Labute approximate surface area is 332 Å². The molecule has 0 spiro atoms. The van der Waals surface area contributed by atoms with Gasteiger partial charge in [0.25, 0.3) is 0 Å². The number of hydrogen-bond donors (Lipinski definition) is 0. The van der Waals surface area contributed by atoms with Gasteiger partial charge in [0, 0.05) is 22.1 Å². The molecule has 9 aromatic carbocycles. The normalized spacial score (nSPS) is 12.9. The molecule has 11 rings (SSSR count). The van der Waals surface area contributed by atoms with Gasteiger partial charge in [-0.2, -0.15) is 0 Å². The predicted octanol–water partition coefficient (Wildman–Crippen LogP) is 14.6. The maximum atomic E-state index is 5.23. The van der Waals surface area contributed by atoms with Gasteiger partial charge >= 0.3 is 0 Å². The van der Waals surface area contributed by atoms with Crippen molar-refractivity contribution in [2.45, 2.75) is 19.3 Å². The van der Waals surface area contributed by atoms with Gasteiger partial charge in [0.2, 0.25) is 0 Å². The topological polar surface area (TPSA) is 25.8 Å². The molecule has 0 saturated heterocycles. The standard InChI is InChI=1S/C55H38N2/c1-55(2)49-20-10-19-47(53(49)48-32-42-15-7-8-16-43(42)33-50(48)55)38-25-21-37(22-26-38)41-17-9-18-46(31-41)54-56-51(44-27-23-35-11-3-5-13-39(35)29-44)34-52(57-54)45-28-24-36-12-4-6-14-40(36)30-45/h3-34H,1-2H3. The Bertz CT molecular complexity index is 3110. The van der Waals surface area contributed by atoms with E-state index in [1.54, 1.807) is 0 Å². The lowest BCUT2D eigenvalue weighted by atomic mass is 9.81. The molecule has 10 aromatic rings. The van der Waals surface area contributed by atoms with Crippen LogP contribution in [0, 0.1) is 0 Å². The molecular formula is C55H38N2. The van der Waals surface area contributed by atoms with Gasteiger partial charge in [0.05, 0.1) is 11.4 Å². The van der Waals surface area contributed by atoms with Crippen LogP contribution in [0.5, 0.6) is 0 Å². The minimum absolute atomic E-state index is 0.0765. The molecule has 268 valence electrons. The van der Waals surface area contributed by atoms with Gasteiger partial charge in [-0.15, -0.1) is 0 Å². The summed E-state index contributed by atoms with van der Waals surface area (Å²) in [7, 11) is 0. The van der Waals surface area contributed by atoms with E-state index in [2.05, 4.69) is 208 Å². The highest BCUT2D eigenvalue weighted by atomic mass is 14.9. The highest BCUT2D eigenvalue weighted by Crippen LogP contribution is 2.53. The summed E-state index contributed by atoms with van der Waals surface area (Å²) in [5.41, 5.74) is 15.1. The highest BCUT2D eigenvalue weighted by Gasteiger charge is 2.37. The van der Waals surface area contributed by atoms with Crippen molar-refractivity contribution in [3.8, 4) is 67.3 Å². The quantitative estimate of drug-likeness (QED) is 0.176. The van der Waals surface area contributed by atoms with E-state index >= 15 is 0 Å². The third-order valence-electron chi connectivity index (χ3n) is 12.0. The molecule has 2 nitrogen and oxygen atoms in total. The molecule has 1 aromatic heterocycles. The Morgan fingerprint density at radius 2 is 0.825 bits per heavy atom. The zero-order valence-electron chi connectivity index (χ0n) is 31.9. The fraction of sp³-hybridized carbons (Fsp3) is 0.0545. The van der Waals surface area contributed by atoms with Crippen molar-refractivity contribution in [1.29, 1.82) is 0 Å². The van der Waals surface area contributed by atoms with E-state index < -0.39 is 0 Å². The van der Waals surface area contributed by atoms with Crippen molar-refractivity contribution < 1.29 is 0 Å². The van der Waals surface area contributed by atoms with Crippen LogP contribution in [0.15, 0.2) is 194 Å². The third kappa shape index (κ3) is 5.64. The van der Waals surface area contributed by atoms with Crippen LogP contribution < -0.4 is 0 Å². The zero-order chi connectivity index (χ0) is 38.1. The molecule has 57 heavy (non-hydrogen) atoms. The fourth-order valence-corrected chi connectivity index (χ4v) is 8.96. The van der Waals surface area contributed by atoms with E-state index in [1.807, 2.05) is 0 Å². The third-order valence-corrected chi connectivity index (χ3v) is 12.0. The van der Waals surface area contributed by atoms with Crippen LogP contribution in [0.2, 0.25) is 0 Å². The van der Waals surface area contributed by atoms with Crippen molar-refractivity contribution in [3.63, 3.8) is 0 Å². The molecule has 0 unspecified atom stereocenters. The largest absolute Gasteiger partial charge is 0.228 e. The van der Waals surface area contributed by atoms with Crippen molar-refractivity contribution in [2.75, 3.05) is 0 Å². The van der Waals surface area contributed by atoms with E-state index in [-0.39, 0.29) is 5.41 Å². The highest BCUT2D eigenvalue weighted by molar-refractivity contribution is 5.99. The molecule has 0 aliphatic heterocycles. The van der Waals surface area contributed by atoms with E-state index in [4.69, 9.17) is 9.97 Å². The maximum Gasteiger partial charge on any atom is 0.160 e. The molecule has 0 atom stereocenters. The number of nitrogens with zero attached hydrogens (tertiary/aromatic N) is 2. The molecule has 1 aliphatic rings. The van der Waals surface area contributed by atoms with Crippen LogP contribution in [-0.4, -0.2) is 9.97 Å². The lowest BCUT2D eigenvalue weighted by Gasteiger charge is -2.22. The van der Waals surface area contributed by atoms with E-state index in [9.17, 15) is 0 Å². The Morgan fingerprint density at radius 3 is 1.46 bits per heavy atom. The Kier molecular flexibility index (Phi) is 7.55. The molecule has 1 aliphatic carbocycles. The SMILES string of the molecule is CC1(C)c2cc3ccccc3cc2-c2c(-c3ccc(-c4cccc(-c5nc(-c6ccc7ccccc7c6)cc(-c6ccc7ccccc7c6)n5)c4)cc3)cccc21. The molecule has 0 amide bonds. The molecule has 0 bridgehead atoms. The van der Waals surface area contributed by atoms with Gasteiger partial charge in [-0.3, -0.25) is 0 Å². The average molecular weight is 727 g/mol. The number of benzene rings is 9. The second-order valence-electron chi connectivity index (χ2n) is 15.8. The van der Waals surface area contributed by atoms with Crippen LogP contribution in [0.1, 0.15) is 25.0 Å². The lowest BCUT2D eigenvalue weighted by molar-refractivity contribution is 0.661. The monoisotopic (exact) mass is 726 g/mol. The van der Waals surface area contributed by atoms with Crippen LogP contribution in [-0.2, 0) is 5.41 Å². The number of rotatable bonds is 5. The first-order chi connectivity index (χ1) is 28.0. The van der Waals surface area contributed by atoms with Gasteiger partial charge in [0.15, 0.2) is 5.82 Å². The minimum atomic E-state index is -0.0765. The van der Waals surface area contributed by atoms with Crippen LogP contribution in [0.25, 0.3) is 99.6 Å². The van der Waals surface area contributed by atoms with Crippen molar-refractivity contribution in [3.05, 3.63) is 205 Å². The number of hydrogen-bond acceptors (Lipinski definition) is 2. The summed E-state index contributed by atoms with van der Waals surface area (Å²) in [6, 6.07) is 70.2. The van der Waals surface area contributed by atoms with E-state index in [0.29, 0.717) is 5.82 Å². The van der Waals surface area contributed by atoms with Crippen LogP contribution in [0.3, 0.4) is 0 Å². The summed E-state index contributed by atoms with van der Waals surface area (Å²) in [5.74, 6) is 0.705. The van der Waals surface area contributed by atoms with Crippen molar-refractivity contribution >= 4 is 32.3 Å². The van der Waals surface area contributed by atoms with Gasteiger partial charge in [0.1, 0.15) is 0 Å². The van der Waals surface area contributed by atoms with Gasteiger partial charge < -0.3 is 0 Å². The molecule has 1 heterocycles. The van der Waals surface area contributed by atoms with Crippen molar-refractivity contribution in [2.24, 2.45) is 0 Å². The predicted molar refractivity (Wildman–Crippen MR) is 239 cm³/mol. The van der Waals surface area contributed by atoms with Crippen LogP contribution >= 0.6 is 0 Å². The van der Waals surface area contributed by atoms with Gasteiger partial charge in [-0.05, 0) is 113 Å². The summed E-state index contributed by atoms with van der Waals surface area (Å²) in [6.45, 7) is 4.72. The minimum Gasteiger partial charge on any atom is -0.228 e. The van der Waals surface area contributed by atoms with Gasteiger partial charge in [-0.25, -0.2) is 9.97 Å². The lowest BCUT2D eigenvalue weighted by Crippen LogP contribution is -2.14. The van der Waals surface area contributed by atoms with Crippen LogP contribution in [0.4, 0.5) is 0 Å². The number of fused-ring (bicyclic) bond motifs is 6. The molecule has 2 heteroatoms. The van der Waals surface area contributed by atoms with Gasteiger partial charge in [-0.1, -0.05) is 172 Å². The zero-order valence-corrected chi connectivity index (χ0v) is 31.9. The Balaban J connectivity index is 0.987. The Morgan fingerprint density at radius 1 is 0.316 bits per heavy atom. The molecule has 0 radical (unpaired) electrons. The first-order valence-electron chi connectivity index (χ1n) is 19.7. The van der Waals surface area contributed by atoms with E-state index in [1.165, 1.54) is 65.7 Å². The first-order valence-corrected chi connectivity index (χ1v) is 19.7. The summed E-state index contributed by atoms with van der Waals surface area (Å²) in [5, 5.41) is 7.37. The molecule has 0 fully saturated rings. The smallest absolute Gasteiger partial charge is 0.160 e. The number of aromatic nitrogens is 2. The second kappa shape index (κ2) is 13.0. The maximum absolute atomic E-state index is 5.23. The van der Waals surface area contributed by atoms with E-state index in [0.717, 1.165) is 39.2 Å². The summed E-state index contributed by atoms with van der Waals surface area (Å²) < 4.78 is 0. The summed E-state index contributed by atoms with van der Waals surface area (Å²) in [6.07, 6.45) is 0. The summed E-state index contributed by atoms with van der Waals surface area (Å²) in [4.78, 5) is 10.5. The van der Waals surface area contributed by atoms with Crippen molar-refractivity contribution in [1.82, 2.24) is 9.97 Å². The molecule has 0 saturated carbocycles. The second-order valence-corrected chi connectivity index (χ2v) is 15.8. The first kappa shape index (κ1) is 33.2. The molecule has 0 N–H and O–H groups in total. The molecular weight excluding hydrogens is 689 g/mol. The summed E-state index contributed by atoms with van der Waals surface area (Å²) >= 11 is 0. The fourth-order valence-electron chi connectivity index (χ4n) is 8.96.